The number of unbranched alkanes of at least 4 members (excludes halogenated alkanes) is 1. The fraction of sp³-hybridized carbons (Fsp3) is 0.517. The van der Waals surface area contributed by atoms with Crippen LogP contribution < -0.4 is 14.8 Å². The van der Waals surface area contributed by atoms with E-state index in [-0.39, 0.29) is 11.3 Å². The molecule has 1 amide bonds. The molecule has 196 valence electrons. The Balaban J connectivity index is 1.77. The van der Waals surface area contributed by atoms with E-state index in [2.05, 4.69) is 33.0 Å². The van der Waals surface area contributed by atoms with E-state index in [0.29, 0.717) is 41.2 Å². The van der Waals surface area contributed by atoms with Crippen molar-refractivity contribution in [1.82, 2.24) is 0 Å². The van der Waals surface area contributed by atoms with Crippen LogP contribution in [0.4, 0.5) is 5.00 Å². The third-order valence-corrected chi connectivity index (χ3v) is 7.74. The molecule has 0 fully saturated rings. The molecule has 1 N–H and O–H groups in total. The average Bonchev–Trinajstić information content (AvgIpc) is 3.20. The van der Waals surface area contributed by atoms with Crippen molar-refractivity contribution in [2.24, 2.45) is 11.3 Å². The molecule has 1 aromatic heterocycles. The number of anilines is 1. The van der Waals surface area contributed by atoms with Gasteiger partial charge in [-0.25, -0.2) is 4.79 Å². The second-order valence-corrected chi connectivity index (χ2v) is 11.3. The van der Waals surface area contributed by atoms with Gasteiger partial charge in [-0.15, -0.1) is 11.3 Å². The molecule has 36 heavy (non-hydrogen) atoms. The van der Waals surface area contributed by atoms with E-state index in [1.54, 1.807) is 6.08 Å². The van der Waals surface area contributed by atoms with Crippen molar-refractivity contribution >= 4 is 34.3 Å². The molecular formula is C29H39NO5S. The van der Waals surface area contributed by atoms with Gasteiger partial charge in [0.05, 0.1) is 25.9 Å². The average molecular weight is 514 g/mol. The summed E-state index contributed by atoms with van der Waals surface area (Å²) in [6.45, 7) is 12.0. The van der Waals surface area contributed by atoms with Gasteiger partial charge in [0, 0.05) is 11.0 Å². The molecule has 0 bridgehead atoms. The molecule has 6 nitrogen and oxygen atoms in total. The van der Waals surface area contributed by atoms with Crippen LogP contribution in [-0.4, -0.2) is 32.2 Å². The van der Waals surface area contributed by atoms with Crippen LogP contribution in [0.1, 0.15) is 80.2 Å². The Hall–Kier alpha value is -2.80. The smallest absolute Gasteiger partial charge is 0.341 e. The van der Waals surface area contributed by atoms with Crippen LogP contribution >= 0.6 is 11.3 Å². The summed E-state index contributed by atoms with van der Waals surface area (Å²) in [7, 11) is 1.38. The van der Waals surface area contributed by atoms with Gasteiger partial charge in [-0.2, -0.15) is 0 Å². The van der Waals surface area contributed by atoms with Gasteiger partial charge in [-0.3, -0.25) is 4.79 Å². The van der Waals surface area contributed by atoms with E-state index in [0.717, 1.165) is 43.2 Å². The van der Waals surface area contributed by atoms with Crippen molar-refractivity contribution in [2.75, 3.05) is 25.6 Å². The maximum absolute atomic E-state index is 12.8. The maximum Gasteiger partial charge on any atom is 0.341 e. The van der Waals surface area contributed by atoms with Gasteiger partial charge >= 0.3 is 5.97 Å². The molecule has 0 radical (unpaired) electrons. The van der Waals surface area contributed by atoms with Gasteiger partial charge < -0.3 is 19.5 Å². The third kappa shape index (κ3) is 6.90. The number of carbonyl (C=O) groups is 2. The second-order valence-electron chi connectivity index (χ2n) is 10.2. The second kappa shape index (κ2) is 12.4. The Bertz CT molecular complexity index is 1100. The predicted octanol–water partition coefficient (Wildman–Crippen LogP) is 6.92. The van der Waals surface area contributed by atoms with Crippen LogP contribution in [0.3, 0.4) is 0 Å². The molecule has 1 aliphatic carbocycles. The van der Waals surface area contributed by atoms with Crippen LogP contribution in [0, 0.1) is 11.3 Å². The number of carbonyl (C=O) groups excluding carboxylic acids is 2. The van der Waals surface area contributed by atoms with Gasteiger partial charge in [-0.05, 0) is 73.3 Å². The first kappa shape index (κ1) is 27.8. The fourth-order valence-corrected chi connectivity index (χ4v) is 5.72. The molecule has 2 aromatic rings. The highest BCUT2D eigenvalue weighted by molar-refractivity contribution is 7.17. The van der Waals surface area contributed by atoms with E-state index in [1.807, 2.05) is 25.1 Å². The first-order chi connectivity index (χ1) is 17.2. The van der Waals surface area contributed by atoms with Crippen molar-refractivity contribution in [3.63, 3.8) is 0 Å². The Labute approximate surface area is 219 Å². The molecular weight excluding hydrogens is 474 g/mol. The molecule has 0 spiro atoms. The monoisotopic (exact) mass is 513 g/mol. The Morgan fingerprint density at radius 1 is 1.17 bits per heavy atom. The first-order valence-corrected chi connectivity index (χ1v) is 13.6. The minimum atomic E-state index is -0.402. The zero-order valence-electron chi connectivity index (χ0n) is 22.4. The van der Waals surface area contributed by atoms with Crippen molar-refractivity contribution in [1.29, 1.82) is 0 Å². The SMILES string of the molecule is CCCCOc1ccc(/C=C/C(=O)Nc2sc3c(c2C(=O)OC)CCC(C(C)(C)C)C3)cc1OCC. The summed E-state index contributed by atoms with van der Waals surface area (Å²) in [5.41, 5.74) is 2.53. The van der Waals surface area contributed by atoms with Crippen LogP contribution in [0.25, 0.3) is 6.08 Å². The first-order valence-electron chi connectivity index (χ1n) is 12.8. The summed E-state index contributed by atoms with van der Waals surface area (Å²) in [4.78, 5) is 26.6. The number of nitrogens with one attached hydrogen (secondary N) is 1. The molecule has 1 unspecified atom stereocenters. The van der Waals surface area contributed by atoms with Gasteiger partial charge in [0.2, 0.25) is 5.91 Å². The summed E-state index contributed by atoms with van der Waals surface area (Å²) in [5.74, 6) is 1.19. The standard InChI is InChI=1S/C29H39NO5S/c1-7-9-16-35-22-14-10-19(17-23(22)34-8-2)11-15-25(31)30-27-26(28(32)33-6)21-13-12-20(29(3,4)5)18-24(21)36-27/h10-11,14-15,17,20H,7-9,12-13,16,18H2,1-6H3,(H,30,31)/b15-11+. The lowest BCUT2D eigenvalue weighted by molar-refractivity contribution is -0.111. The number of fused-ring (bicyclic) bond motifs is 1. The number of thiophene rings is 1. The van der Waals surface area contributed by atoms with E-state index in [9.17, 15) is 9.59 Å². The van der Waals surface area contributed by atoms with Crippen LogP contribution in [0.5, 0.6) is 11.5 Å². The van der Waals surface area contributed by atoms with E-state index < -0.39 is 5.97 Å². The number of rotatable bonds is 10. The highest BCUT2D eigenvalue weighted by Crippen LogP contribution is 2.44. The minimum absolute atomic E-state index is 0.191. The number of hydrogen-bond donors (Lipinski definition) is 1. The summed E-state index contributed by atoms with van der Waals surface area (Å²) in [6.07, 6.45) is 7.98. The van der Waals surface area contributed by atoms with Gasteiger partial charge in [0.15, 0.2) is 11.5 Å². The van der Waals surface area contributed by atoms with Gasteiger partial charge in [0.25, 0.3) is 0 Å². The molecule has 1 atom stereocenters. The molecule has 0 saturated carbocycles. The van der Waals surface area contributed by atoms with Crippen molar-refractivity contribution < 1.29 is 23.8 Å². The zero-order valence-corrected chi connectivity index (χ0v) is 23.2. The molecule has 1 aromatic carbocycles. The predicted molar refractivity (Wildman–Crippen MR) is 146 cm³/mol. The third-order valence-electron chi connectivity index (χ3n) is 6.57. The maximum atomic E-state index is 12.8. The van der Waals surface area contributed by atoms with Crippen LogP contribution in [0.2, 0.25) is 0 Å². The summed E-state index contributed by atoms with van der Waals surface area (Å²) in [6, 6.07) is 5.63. The molecule has 3 rings (SSSR count). The lowest BCUT2D eigenvalue weighted by atomic mass is 9.72. The lowest BCUT2D eigenvalue weighted by Gasteiger charge is -2.33. The molecule has 1 aliphatic rings. The highest BCUT2D eigenvalue weighted by atomic mass is 32.1. The lowest BCUT2D eigenvalue weighted by Crippen LogP contribution is -2.26. The van der Waals surface area contributed by atoms with Crippen LogP contribution in [0.15, 0.2) is 24.3 Å². The summed E-state index contributed by atoms with van der Waals surface area (Å²) < 4.78 is 16.6. The Morgan fingerprint density at radius 3 is 2.61 bits per heavy atom. The van der Waals surface area contributed by atoms with Gasteiger partial charge in [-0.1, -0.05) is 40.2 Å². The number of benzene rings is 1. The van der Waals surface area contributed by atoms with Gasteiger partial charge in [0.1, 0.15) is 5.00 Å². The molecule has 7 heteroatoms. The van der Waals surface area contributed by atoms with Crippen LogP contribution in [-0.2, 0) is 22.4 Å². The highest BCUT2D eigenvalue weighted by Gasteiger charge is 2.34. The normalized spacial score (nSPS) is 15.4. The quantitative estimate of drug-likeness (QED) is 0.212. The summed E-state index contributed by atoms with van der Waals surface area (Å²) in [5, 5.41) is 3.49. The van der Waals surface area contributed by atoms with E-state index in [1.165, 1.54) is 29.4 Å². The zero-order chi connectivity index (χ0) is 26.3. The minimum Gasteiger partial charge on any atom is -0.490 e. The van der Waals surface area contributed by atoms with Crippen molar-refractivity contribution in [3.05, 3.63) is 45.8 Å². The number of amides is 1. The van der Waals surface area contributed by atoms with Crippen molar-refractivity contribution in [3.8, 4) is 11.5 Å². The number of methoxy groups -OCH3 is 1. The van der Waals surface area contributed by atoms with E-state index >= 15 is 0 Å². The number of ether oxygens (including phenoxy) is 3. The topological polar surface area (TPSA) is 73.9 Å². The largest absolute Gasteiger partial charge is 0.490 e. The molecule has 0 saturated heterocycles. The number of hydrogen-bond acceptors (Lipinski definition) is 6. The molecule has 0 aliphatic heterocycles. The fourth-order valence-electron chi connectivity index (χ4n) is 4.40. The summed E-state index contributed by atoms with van der Waals surface area (Å²) >= 11 is 1.49. The Morgan fingerprint density at radius 2 is 1.94 bits per heavy atom. The van der Waals surface area contributed by atoms with Crippen molar-refractivity contribution in [2.45, 2.75) is 66.7 Å². The van der Waals surface area contributed by atoms with E-state index in [4.69, 9.17) is 14.2 Å². The Kier molecular flexibility index (Phi) is 9.60. The number of esters is 1. The molecule has 1 heterocycles.